The van der Waals surface area contributed by atoms with Gasteiger partial charge in [-0.25, -0.2) is 0 Å². The van der Waals surface area contributed by atoms with Gasteiger partial charge in [-0.05, 0) is 31.2 Å². The van der Waals surface area contributed by atoms with E-state index in [2.05, 4.69) is 9.46 Å². The van der Waals surface area contributed by atoms with Crippen LogP contribution in [0.5, 0.6) is 5.75 Å². The summed E-state index contributed by atoms with van der Waals surface area (Å²) >= 11 is -2.29. The highest BCUT2D eigenvalue weighted by molar-refractivity contribution is 7.80. The summed E-state index contributed by atoms with van der Waals surface area (Å²) in [6, 6.07) is 6.49. The topological polar surface area (TPSA) is 96.9 Å². The molecule has 20 heavy (non-hydrogen) atoms. The Balaban J connectivity index is 0.000000511. The highest BCUT2D eigenvalue weighted by atomic mass is 32.2. The lowest BCUT2D eigenvalue weighted by Crippen LogP contribution is -2.02. The van der Waals surface area contributed by atoms with Crippen LogP contribution < -0.4 is 9.46 Å². The molecule has 0 aliphatic carbocycles. The molecule has 1 rings (SSSR count). The van der Waals surface area contributed by atoms with E-state index in [1.807, 2.05) is 0 Å². The summed E-state index contributed by atoms with van der Waals surface area (Å²) in [5.41, 5.74) is 0.489. The molecular weight excluding hydrogens is 286 g/mol. The summed E-state index contributed by atoms with van der Waals surface area (Å²) in [4.78, 5) is 9.82. The molecule has 0 spiro atoms. The first-order valence-electron chi connectivity index (χ1n) is 5.70. The second-order valence-electron chi connectivity index (χ2n) is 3.34. The Morgan fingerprint density at radius 2 is 1.95 bits per heavy atom. The minimum absolute atomic E-state index is 0.167. The van der Waals surface area contributed by atoms with Crippen LogP contribution in [0.15, 0.2) is 24.3 Å². The molecule has 1 unspecified atom stereocenters. The van der Waals surface area contributed by atoms with Crippen LogP contribution in [0.25, 0.3) is 0 Å². The maximum absolute atomic E-state index is 10.3. The van der Waals surface area contributed by atoms with E-state index in [1.54, 1.807) is 31.2 Å². The van der Waals surface area contributed by atoms with Crippen LogP contribution in [0.1, 0.15) is 13.8 Å². The number of hydrogen-bond donors (Lipinski definition) is 1. The molecule has 114 valence electrons. The molecule has 0 bridgehead atoms. The van der Waals surface area contributed by atoms with Crippen molar-refractivity contribution in [3.63, 3.8) is 0 Å². The highest BCUT2D eigenvalue weighted by Crippen LogP contribution is 2.15. The van der Waals surface area contributed by atoms with Crippen molar-refractivity contribution in [3.05, 3.63) is 24.3 Å². The van der Waals surface area contributed by atoms with E-state index in [9.17, 15) is 13.6 Å². The molecule has 0 amide bonds. The molecule has 0 saturated carbocycles. The van der Waals surface area contributed by atoms with Crippen LogP contribution in [0.3, 0.4) is 0 Å². The predicted octanol–water partition coefficient (Wildman–Crippen LogP) is 1.44. The largest absolute Gasteiger partial charge is 0.755 e. The molecule has 0 heterocycles. The van der Waals surface area contributed by atoms with Crippen LogP contribution in [-0.4, -0.2) is 35.2 Å². The Bertz CT molecular complexity index is 409. The van der Waals surface area contributed by atoms with Crippen LogP contribution in [0.4, 0.5) is 5.69 Å². The fourth-order valence-electron chi connectivity index (χ4n) is 1.05. The van der Waals surface area contributed by atoms with Crippen LogP contribution >= 0.6 is 0 Å². The minimum atomic E-state index is -2.29. The summed E-state index contributed by atoms with van der Waals surface area (Å²) in [6.45, 7) is 3.82. The Hall–Kier alpha value is -1.64. The van der Waals surface area contributed by atoms with Crippen LogP contribution in [0, 0.1) is 0 Å². The summed E-state index contributed by atoms with van der Waals surface area (Å²) in [5, 5.41) is 0. The number of rotatable bonds is 6. The molecule has 1 aromatic rings. The van der Waals surface area contributed by atoms with Crippen LogP contribution in [-0.2, 0) is 25.5 Å². The molecule has 0 fully saturated rings. The van der Waals surface area contributed by atoms with E-state index in [-0.39, 0.29) is 12.8 Å². The van der Waals surface area contributed by atoms with Crippen molar-refractivity contribution in [2.75, 3.05) is 25.2 Å². The molecule has 7 nitrogen and oxygen atoms in total. The fourth-order valence-corrected chi connectivity index (χ4v) is 1.37. The molecule has 0 radical (unpaired) electrons. The lowest BCUT2D eigenvalue weighted by Gasteiger charge is -2.09. The number of ether oxygens (including phenoxy) is 3. The molecular formula is C12H18NO6S-. The lowest BCUT2D eigenvalue weighted by atomic mass is 10.3. The maximum atomic E-state index is 10.3. The van der Waals surface area contributed by atoms with Crippen molar-refractivity contribution in [2.45, 2.75) is 13.8 Å². The average molecular weight is 304 g/mol. The van der Waals surface area contributed by atoms with E-state index in [0.717, 1.165) is 0 Å². The minimum Gasteiger partial charge on any atom is -0.755 e. The van der Waals surface area contributed by atoms with Crippen LogP contribution in [0.2, 0.25) is 0 Å². The molecule has 0 aliphatic heterocycles. The van der Waals surface area contributed by atoms with Gasteiger partial charge in [0.05, 0.1) is 6.61 Å². The molecule has 0 aliphatic rings. The molecule has 1 N–H and O–H groups in total. The molecule has 1 atom stereocenters. The Morgan fingerprint density at radius 3 is 2.30 bits per heavy atom. The fraction of sp³-hybridized carbons (Fsp3) is 0.417. The van der Waals surface area contributed by atoms with Gasteiger partial charge in [0.1, 0.15) is 5.75 Å². The third-order valence-electron chi connectivity index (χ3n) is 1.75. The zero-order valence-corrected chi connectivity index (χ0v) is 12.4. The highest BCUT2D eigenvalue weighted by Gasteiger charge is 1.94. The van der Waals surface area contributed by atoms with Gasteiger partial charge in [0.2, 0.25) is 0 Å². The SMILES string of the molecule is CCOC(C)=O.COCOc1ccc(NS(=O)[O-])cc1. The second-order valence-corrected chi connectivity index (χ2v) is 4.01. The van der Waals surface area contributed by atoms with Gasteiger partial charge in [-0.3, -0.25) is 9.00 Å². The van der Waals surface area contributed by atoms with Gasteiger partial charge in [-0.15, -0.1) is 0 Å². The first kappa shape index (κ1) is 18.4. The Labute approximate surface area is 120 Å². The summed E-state index contributed by atoms with van der Waals surface area (Å²) < 4.78 is 37.0. The number of carbonyl (C=O) groups is 1. The molecule has 8 heteroatoms. The van der Waals surface area contributed by atoms with Gasteiger partial charge in [0, 0.05) is 31.0 Å². The third kappa shape index (κ3) is 10.3. The standard InChI is InChI=1S/C8H11NO4S.C4H8O2/c1-12-6-13-8-4-2-7(3-5-8)9-14(10)11;1-3-6-4(2)5/h2-5,9H,6H2,1H3,(H,10,11);3H2,1-2H3/p-1. The first-order valence-corrected chi connectivity index (χ1v) is 6.78. The second kappa shape index (κ2) is 11.2. The van der Waals surface area contributed by atoms with Gasteiger partial charge in [-0.2, -0.15) is 0 Å². The normalized spacial score (nSPS) is 10.8. The smallest absolute Gasteiger partial charge is 0.302 e. The van der Waals surface area contributed by atoms with Crippen molar-refractivity contribution in [1.82, 2.24) is 0 Å². The number of methoxy groups -OCH3 is 1. The predicted molar refractivity (Wildman–Crippen MR) is 73.8 cm³/mol. The van der Waals surface area contributed by atoms with E-state index in [0.29, 0.717) is 18.0 Å². The van der Waals surface area contributed by atoms with Gasteiger partial charge < -0.3 is 23.5 Å². The molecule has 0 aromatic heterocycles. The quantitative estimate of drug-likeness (QED) is 0.485. The van der Waals surface area contributed by atoms with Crippen molar-refractivity contribution >= 4 is 22.9 Å². The molecule has 1 aromatic carbocycles. The lowest BCUT2D eigenvalue weighted by molar-refractivity contribution is -0.140. The van der Waals surface area contributed by atoms with Crippen molar-refractivity contribution in [2.24, 2.45) is 0 Å². The maximum Gasteiger partial charge on any atom is 0.302 e. The number of anilines is 1. The number of esters is 1. The van der Waals surface area contributed by atoms with E-state index < -0.39 is 11.3 Å². The molecule has 0 saturated heterocycles. The zero-order valence-electron chi connectivity index (χ0n) is 11.6. The number of carbonyl (C=O) groups excluding carboxylic acids is 1. The number of hydrogen-bond acceptors (Lipinski definition) is 6. The Morgan fingerprint density at radius 1 is 1.35 bits per heavy atom. The van der Waals surface area contributed by atoms with E-state index >= 15 is 0 Å². The average Bonchev–Trinajstić information content (AvgIpc) is 2.38. The van der Waals surface area contributed by atoms with Gasteiger partial charge in [-0.1, -0.05) is 0 Å². The third-order valence-corrected chi connectivity index (χ3v) is 2.15. The summed E-state index contributed by atoms with van der Waals surface area (Å²) in [5.74, 6) is 0.409. The van der Waals surface area contributed by atoms with E-state index in [1.165, 1.54) is 14.0 Å². The summed E-state index contributed by atoms with van der Waals surface area (Å²) in [7, 11) is 1.52. The first-order chi connectivity index (χ1) is 9.49. The zero-order chi connectivity index (χ0) is 15.4. The number of benzene rings is 1. The van der Waals surface area contributed by atoms with E-state index in [4.69, 9.17) is 9.47 Å². The Kier molecular flexibility index (Phi) is 10.3. The van der Waals surface area contributed by atoms with Gasteiger partial charge in [0.15, 0.2) is 6.79 Å². The van der Waals surface area contributed by atoms with Crippen molar-refractivity contribution in [1.29, 1.82) is 0 Å². The van der Waals surface area contributed by atoms with Gasteiger partial charge >= 0.3 is 5.97 Å². The number of nitrogens with one attached hydrogen (secondary N) is 1. The summed E-state index contributed by atoms with van der Waals surface area (Å²) in [6.07, 6.45) is 0. The van der Waals surface area contributed by atoms with Crippen molar-refractivity contribution < 1.29 is 27.8 Å². The monoisotopic (exact) mass is 304 g/mol. The van der Waals surface area contributed by atoms with Gasteiger partial charge in [0.25, 0.3) is 0 Å². The van der Waals surface area contributed by atoms with Crippen molar-refractivity contribution in [3.8, 4) is 5.75 Å².